The maximum absolute atomic E-state index is 13.3. The van der Waals surface area contributed by atoms with Crippen LogP contribution in [0.2, 0.25) is 0 Å². The van der Waals surface area contributed by atoms with Crippen molar-refractivity contribution in [2.75, 3.05) is 39.4 Å². The molecule has 3 aliphatic rings. The molecule has 160 valence electrons. The van der Waals surface area contributed by atoms with Crippen molar-refractivity contribution in [1.82, 2.24) is 19.4 Å². The first kappa shape index (κ1) is 19.7. The summed E-state index contributed by atoms with van der Waals surface area (Å²) < 4.78 is 7.40. The van der Waals surface area contributed by atoms with Crippen LogP contribution in [0.15, 0.2) is 29.1 Å². The van der Waals surface area contributed by atoms with Gasteiger partial charge in [0.05, 0.1) is 36.6 Å². The minimum Gasteiger partial charge on any atom is -0.379 e. The van der Waals surface area contributed by atoms with E-state index in [1.54, 1.807) is 0 Å². The number of aromatic nitrogens is 2. The van der Waals surface area contributed by atoms with Crippen molar-refractivity contribution in [3.05, 3.63) is 40.4 Å². The molecule has 1 aromatic carbocycles. The Bertz CT molecular complexity index is 984. The highest BCUT2D eigenvalue weighted by Crippen LogP contribution is 2.34. The number of ether oxygens (including phenoxy) is 1. The van der Waals surface area contributed by atoms with Crippen LogP contribution in [0.5, 0.6) is 0 Å². The molecule has 2 aliphatic heterocycles. The van der Waals surface area contributed by atoms with Crippen molar-refractivity contribution < 1.29 is 9.53 Å². The molecule has 2 saturated heterocycles. The maximum atomic E-state index is 13.3. The predicted octanol–water partition coefficient (Wildman–Crippen LogP) is 2.19. The Morgan fingerprint density at radius 1 is 1.03 bits per heavy atom. The second-order valence-electron chi connectivity index (χ2n) is 8.78. The highest BCUT2D eigenvalue weighted by molar-refractivity contribution is 5.77. The summed E-state index contributed by atoms with van der Waals surface area (Å²) in [6.45, 7) is 5.08. The third-order valence-corrected chi connectivity index (χ3v) is 6.67. The predicted molar refractivity (Wildman–Crippen MR) is 114 cm³/mol. The zero-order valence-electron chi connectivity index (χ0n) is 17.5. The van der Waals surface area contributed by atoms with Crippen molar-refractivity contribution in [1.29, 1.82) is 0 Å². The van der Waals surface area contributed by atoms with E-state index in [-0.39, 0.29) is 17.5 Å². The van der Waals surface area contributed by atoms with Gasteiger partial charge < -0.3 is 9.64 Å². The minimum atomic E-state index is 0.0918. The van der Waals surface area contributed by atoms with Crippen molar-refractivity contribution in [2.24, 2.45) is 5.92 Å². The van der Waals surface area contributed by atoms with Crippen LogP contribution in [0.25, 0.3) is 10.9 Å². The molecule has 7 heteroatoms. The molecule has 1 unspecified atom stereocenters. The summed E-state index contributed by atoms with van der Waals surface area (Å²) in [7, 11) is 0. The van der Waals surface area contributed by atoms with Crippen molar-refractivity contribution >= 4 is 16.8 Å². The van der Waals surface area contributed by atoms with E-state index in [0.717, 1.165) is 43.8 Å². The number of likely N-dealkylation sites (tertiary alicyclic amines) is 1. The van der Waals surface area contributed by atoms with E-state index in [9.17, 15) is 9.59 Å². The zero-order valence-corrected chi connectivity index (χ0v) is 17.5. The molecule has 1 aromatic heterocycles. The fourth-order valence-corrected chi connectivity index (χ4v) is 4.77. The molecule has 0 N–H and O–H groups in total. The van der Waals surface area contributed by atoms with Gasteiger partial charge in [-0.15, -0.1) is 0 Å². The molecule has 1 saturated carbocycles. The minimum absolute atomic E-state index is 0.0918. The number of hydrogen-bond acceptors (Lipinski definition) is 5. The smallest absolute Gasteiger partial charge is 0.261 e. The molecule has 3 fully saturated rings. The number of amides is 1. The summed E-state index contributed by atoms with van der Waals surface area (Å²) in [5.74, 6) is 1.69. The molecule has 1 amide bonds. The zero-order chi connectivity index (χ0) is 20.5. The molecular weight excluding hydrogens is 380 g/mol. The molecule has 0 bridgehead atoms. The Morgan fingerprint density at radius 3 is 2.77 bits per heavy atom. The van der Waals surface area contributed by atoms with Crippen molar-refractivity contribution in [3.8, 4) is 0 Å². The molecule has 30 heavy (non-hydrogen) atoms. The average molecular weight is 411 g/mol. The SMILES string of the molecule is O=C1CCOCCN1CCN1CCCC1c1nc2ccccc2c(=O)n1CC1CC1. The third-order valence-electron chi connectivity index (χ3n) is 6.67. The molecule has 0 radical (unpaired) electrons. The molecule has 5 rings (SSSR count). The van der Waals surface area contributed by atoms with Gasteiger partial charge in [0.1, 0.15) is 5.82 Å². The maximum Gasteiger partial charge on any atom is 0.261 e. The van der Waals surface area contributed by atoms with Gasteiger partial charge in [0.15, 0.2) is 0 Å². The van der Waals surface area contributed by atoms with E-state index in [4.69, 9.17) is 9.72 Å². The van der Waals surface area contributed by atoms with Crippen LogP contribution in [0.3, 0.4) is 0 Å². The lowest BCUT2D eigenvalue weighted by Gasteiger charge is -2.29. The lowest BCUT2D eigenvalue weighted by molar-refractivity contribution is -0.130. The Labute approximate surface area is 176 Å². The Morgan fingerprint density at radius 2 is 1.90 bits per heavy atom. The van der Waals surface area contributed by atoms with E-state index in [1.807, 2.05) is 33.7 Å². The summed E-state index contributed by atoms with van der Waals surface area (Å²) in [5, 5.41) is 0.710. The van der Waals surface area contributed by atoms with Gasteiger partial charge in [-0.2, -0.15) is 0 Å². The first-order chi connectivity index (χ1) is 14.7. The topological polar surface area (TPSA) is 67.7 Å². The fraction of sp³-hybridized carbons (Fsp3) is 0.609. The summed E-state index contributed by atoms with van der Waals surface area (Å²) in [6.07, 6.45) is 4.97. The summed E-state index contributed by atoms with van der Waals surface area (Å²) in [6, 6.07) is 7.83. The Balaban J connectivity index is 1.41. The van der Waals surface area contributed by atoms with Crippen LogP contribution in [-0.2, 0) is 16.1 Å². The number of para-hydroxylation sites is 1. The van der Waals surface area contributed by atoms with Crippen molar-refractivity contribution in [3.63, 3.8) is 0 Å². The average Bonchev–Trinajstić information content (AvgIpc) is 3.50. The molecule has 0 spiro atoms. The van der Waals surface area contributed by atoms with Crippen LogP contribution in [0.4, 0.5) is 0 Å². The van der Waals surface area contributed by atoms with Crippen LogP contribution < -0.4 is 5.56 Å². The van der Waals surface area contributed by atoms with E-state index in [1.165, 1.54) is 12.8 Å². The largest absolute Gasteiger partial charge is 0.379 e. The van der Waals surface area contributed by atoms with Gasteiger partial charge in [-0.1, -0.05) is 12.1 Å². The monoisotopic (exact) mass is 410 g/mol. The number of fused-ring (bicyclic) bond motifs is 1. The number of nitrogens with zero attached hydrogens (tertiary/aromatic N) is 4. The third kappa shape index (κ3) is 4.01. The molecule has 1 atom stereocenters. The molecule has 1 aliphatic carbocycles. The Kier molecular flexibility index (Phi) is 5.56. The quantitative estimate of drug-likeness (QED) is 0.730. The number of carbonyl (C=O) groups excluding carboxylic acids is 1. The summed E-state index contributed by atoms with van der Waals surface area (Å²) >= 11 is 0. The highest BCUT2D eigenvalue weighted by atomic mass is 16.5. The first-order valence-corrected chi connectivity index (χ1v) is 11.3. The van der Waals surface area contributed by atoms with E-state index in [0.29, 0.717) is 44.0 Å². The van der Waals surface area contributed by atoms with Gasteiger partial charge in [0.25, 0.3) is 5.56 Å². The Hall–Kier alpha value is -2.25. The van der Waals surface area contributed by atoms with E-state index in [2.05, 4.69) is 4.90 Å². The van der Waals surface area contributed by atoms with Crippen LogP contribution in [-0.4, -0.2) is 64.7 Å². The van der Waals surface area contributed by atoms with Gasteiger partial charge in [-0.25, -0.2) is 4.98 Å². The first-order valence-electron chi connectivity index (χ1n) is 11.3. The number of hydrogen-bond donors (Lipinski definition) is 0. The molecule has 7 nitrogen and oxygen atoms in total. The second kappa shape index (κ2) is 8.47. The lowest BCUT2D eigenvalue weighted by Crippen LogP contribution is -2.40. The van der Waals surface area contributed by atoms with Crippen LogP contribution in [0.1, 0.15) is 44.0 Å². The van der Waals surface area contributed by atoms with E-state index < -0.39 is 0 Å². The van der Waals surface area contributed by atoms with Crippen LogP contribution in [0, 0.1) is 5.92 Å². The second-order valence-corrected chi connectivity index (χ2v) is 8.78. The number of rotatable bonds is 6. The van der Waals surface area contributed by atoms with Crippen LogP contribution >= 0.6 is 0 Å². The lowest BCUT2D eigenvalue weighted by atomic mass is 10.1. The summed E-state index contributed by atoms with van der Waals surface area (Å²) in [5.41, 5.74) is 0.880. The van der Waals surface area contributed by atoms with Gasteiger partial charge in [0, 0.05) is 26.2 Å². The van der Waals surface area contributed by atoms with Crippen molar-refractivity contribution in [2.45, 2.75) is 44.7 Å². The molecular formula is C23H30N4O3. The van der Waals surface area contributed by atoms with Gasteiger partial charge >= 0.3 is 0 Å². The molecule has 2 aromatic rings. The van der Waals surface area contributed by atoms with E-state index >= 15 is 0 Å². The highest BCUT2D eigenvalue weighted by Gasteiger charge is 2.32. The number of benzene rings is 1. The molecule has 3 heterocycles. The number of carbonyl (C=O) groups is 1. The van der Waals surface area contributed by atoms with Gasteiger partial charge in [0.2, 0.25) is 5.91 Å². The van der Waals surface area contributed by atoms with Gasteiger partial charge in [-0.3, -0.25) is 19.1 Å². The summed E-state index contributed by atoms with van der Waals surface area (Å²) in [4.78, 5) is 34.9. The standard InChI is InChI=1S/C23H30N4O3/c28-21-9-14-30-15-13-26(21)12-11-25-10-3-6-20(25)22-24-19-5-2-1-4-18(19)23(29)27(22)16-17-7-8-17/h1-2,4-5,17,20H,3,6-16H2. The normalized spacial score (nSPS) is 23.3. The van der Waals surface area contributed by atoms with Gasteiger partial charge in [-0.05, 0) is 50.3 Å². The fourth-order valence-electron chi connectivity index (χ4n) is 4.77.